The topological polar surface area (TPSA) is 73.3 Å². The highest BCUT2D eigenvalue weighted by molar-refractivity contribution is 5.74. The molecule has 0 bridgehead atoms. The molecule has 0 fully saturated rings. The Hall–Kier alpha value is -1.65. The largest absolute Gasteiger partial charge is 0.433 e. The van der Waals surface area contributed by atoms with Crippen LogP contribution in [-0.4, -0.2) is 11.2 Å². The fourth-order valence-electron chi connectivity index (χ4n) is 0.497. The van der Waals surface area contributed by atoms with Crippen LogP contribution in [0.4, 0.5) is 5.88 Å². The van der Waals surface area contributed by atoms with Crippen molar-refractivity contribution in [2.24, 2.45) is 0 Å². The van der Waals surface area contributed by atoms with Gasteiger partial charge in [0.1, 0.15) is 11.2 Å². The average molecular weight is 141 g/mol. The van der Waals surface area contributed by atoms with Crippen LogP contribution in [-0.2, 0) is 0 Å². The van der Waals surface area contributed by atoms with E-state index in [2.05, 4.69) is 4.42 Å². The number of carbonyl (C=O) groups is 1. The van der Waals surface area contributed by atoms with Gasteiger partial charge in [0.05, 0.1) is 11.6 Å². The van der Waals surface area contributed by atoms with E-state index in [1.165, 1.54) is 0 Å². The van der Waals surface area contributed by atoms with Crippen molar-refractivity contribution in [1.82, 2.24) is 0 Å². The molecule has 0 saturated carbocycles. The molecule has 1 aromatic heterocycles. The molecule has 0 saturated heterocycles. The second-order valence-corrected chi connectivity index (χ2v) is 1.59. The predicted octanol–water partition coefficient (Wildman–Crippen LogP) is 1.00. The summed E-state index contributed by atoms with van der Waals surface area (Å²) in [7, 11) is 0. The minimum Gasteiger partial charge on any atom is -0.408 e. The van der Waals surface area contributed by atoms with Crippen molar-refractivity contribution in [3.8, 4) is 0 Å². The van der Waals surface area contributed by atoms with E-state index in [4.69, 9.17) is 0 Å². The SMILES string of the molecule is O=Cc1coc([N+](=O)[O-])c1. The van der Waals surface area contributed by atoms with E-state index in [0.717, 1.165) is 12.3 Å². The van der Waals surface area contributed by atoms with Gasteiger partial charge in [0, 0.05) is 0 Å². The fraction of sp³-hybridized carbons (Fsp3) is 0. The summed E-state index contributed by atoms with van der Waals surface area (Å²) in [5.41, 5.74) is 0.173. The van der Waals surface area contributed by atoms with Gasteiger partial charge in [-0.3, -0.25) is 14.9 Å². The lowest BCUT2D eigenvalue weighted by Gasteiger charge is -1.76. The van der Waals surface area contributed by atoms with Crippen LogP contribution in [0.25, 0.3) is 0 Å². The van der Waals surface area contributed by atoms with Crippen molar-refractivity contribution in [3.05, 3.63) is 28.0 Å². The zero-order valence-electron chi connectivity index (χ0n) is 4.81. The Morgan fingerprint density at radius 3 is 2.70 bits per heavy atom. The van der Waals surface area contributed by atoms with Gasteiger partial charge in [-0.15, -0.1) is 0 Å². The molecular weight excluding hydrogens is 138 g/mol. The summed E-state index contributed by atoms with van der Waals surface area (Å²) in [4.78, 5) is 19.2. The van der Waals surface area contributed by atoms with Crippen molar-refractivity contribution in [3.63, 3.8) is 0 Å². The standard InChI is InChI=1S/C5H3NO4/c7-2-4-1-5(6(8)9)10-3-4/h1-3H. The Labute approximate surface area is 55.4 Å². The highest BCUT2D eigenvalue weighted by atomic mass is 16.6. The first-order chi connectivity index (χ1) is 4.74. The van der Waals surface area contributed by atoms with Gasteiger partial charge < -0.3 is 4.42 Å². The quantitative estimate of drug-likeness (QED) is 0.350. The summed E-state index contributed by atoms with van der Waals surface area (Å²) in [6.07, 6.45) is 1.52. The van der Waals surface area contributed by atoms with Gasteiger partial charge in [0.2, 0.25) is 0 Å². The Morgan fingerprint density at radius 2 is 2.40 bits per heavy atom. The molecule has 1 rings (SSSR count). The van der Waals surface area contributed by atoms with Crippen LogP contribution in [0.5, 0.6) is 0 Å². The first-order valence-corrected chi connectivity index (χ1v) is 2.42. The molecule has 0 amide bonds. The molecule has 1 heterocycles. The second-order valence-electron chi connectivity index (χ2n) is 1.59. The number of nitro groups is 1. The Kier molecular flexibility index (Phi) is 1.49. The van der Waals surface area contributed by atoms with Gasteiger partial charge in [-0.25, -0.2) is 0 Å². The van der Waals surface area contributed by atoms with Crippen molar-refractivity contribution >= 4 is 12.2 Å². The van der Waals surface area contributed by atoms with Crippen LogP contribution in [0, 0.1) is 10.1 Å². The third kappa shape index (κ3) is 1.02. The summed E-state index contributed by atoms with van der Waals surface area (Å²) >= 11 is 0. The van der Waals surface area contributed by atoms with Crippen LogP contribution in [0.3, 0.4) is 0 Å². The normalized spacial score (nSPS) is 9.20. The van der Waals surface area contributed by atoms with Crippen molar-refractivity contribution in [1.29, 1.82) is 0 Å². The number of hydrogen-bond donors (Lipinski definition) is 0. The summed E-state index contributed by atoms with van der Waals surface area (Å²) in [6.45, 7) is 0. The van der Waals surface area contributed by atoms with Gasteiger partial charge in [0.25, 0.3) is 0 Å². The molecule has 0 aliphatic carbocycles. The van der Waals surface area contributed by atoms with E-state index in [1.807, 2.05) is 0 Å². The molecule has 0 radical (unpaired) electrons. The fourth-order valence-corrected chi connectivity index (χ4v) is 0.497. The monoisotopic (exact) mass is 141 g/mol. The Bertz CT molecular complexity index is 264. The van der Waals surface area contributed by atoms with E-state index in [0.29, 0.717) is 6.29 Å². The molecule has 0 atom stereocenters. The van der Waals surface area contributed by atoms with E-state index in [1.54, 1.807) is 0 Å². The van der Waals surface area contributed by atoms with E-state index in [9.17, 15) is 14.9 Å². The molecule has 0 aliphatic rings. The lowest BCUT2D eigenvalue weighted by atomic mass is 10.4. The number of carbonyl (C=O) groups excluding carboxylic acids is 1. The first-order valence-electron chi connectivity index (χ1n) is 2.42. The van der Waals surface area contributed by atoms with Crippen molar-refractivity contribution in [2.75, 3.05) is 0 Å². The summed E-state index contributed by atoms with van der Waals surface area (Å²) in [5, 5.41) is 9.93. The zero-order chi connectivity index (χ0) is 7.56. The predicted molar refractivity (Wildman–Crippen MR) is 30.7 cm³/mol. The summed E-state index contributed by atoms with van der Waals surface area (Å²) in [6, 6.07) is 1.06. The third-order valence-electron chi connectivity index (χ3n) is 0.922. The lowest BCUT2D eigenvalue weighted by molar-refractivity contribution is -0.402. The minimum atomic E-state index is -0.701. The van der Waals surface area contributed by atoms with Gasteiger partial charge in [-0.2, -0.15) is 0 Å². The number of nitrogens with zero attached hydrogens (tertiary/aromatic N) is 1. The van der Waals surface area contributed by atoms with Crippen molar-refractivity contribution < 1.29 is 14.1 Å². The van der Waals surface area contributed by atoms with Crippen molar-refractivity contribution in [2.45, 2.75) is 0 Å². The van der Waals surface area contributed by atoms with Crippen LogP contribution < -0.4 is 0 Å². The number of hydrogen-bond acceptors (Lipinski definition) is 4. The van der Waals surface area contributed by atoms with Crippen LogP contribution in [0.15, 0.2) is 16.7 Å². The van der Waals surface area contributed by atoms with Gasteiger partial charge in [-0.1, -0.05) is 0 Å². The van der Waals surface area contributed by atoms with Gasteiger partial charge in [0.15, 0.2) is 6.29 Å². The molecule has 0 spiro atoms. The Balaban J connectivity index is 2.98. The molecule has 1 aromatic rings. The van der Waals surface area contributed by atoms with E-state index < -0.39 is 10.8 Å². The van der Waals surface area contributed by atoms with E-state index in [-0.39, 0.29) is 5.56 Å². The van der Waals surface area contributed by atoms with Crippen LogP contribution in [0.1, 0.15) is 10.4 Å². The molecule has 0 N–H and O–H groups in total. The minimum absolute atomic E-state index is 0.173. The Morgan fingerprint density at radius 1 is 1.70 bits per heavy atom. The van der Waals surface area contributed by atoms with Crippen LogP contribution in [0.2, 0.25) is 0 Å². The highest BCUT2D eigenvalue weighted by Gasteiger charge is 2.10. The zero-order valence-corrected chi connectivity index (χ0v) is 4.81. The molecule has 52 valence electrons. The molecular formula is C5H3NO4. The van der Waals surface area contributed by atoms with Gasteiger partial charge in [-0.05, 0) is 0 Å². The summed E-state index contributed by atoms with van der Waals surface area (Å²) < 4.78 is 4.39. The smallest absolute Gasteiger partial charge is 0.408 e. The van der Waals surface area contributed by atoms with Crippen LogP contribution >= 0.6 is 0 Å². The number of furan rings is 1. The third-order valence-corrected chi connectivity index (χ3v) is 0.922. The second kappa shape index (κ2) is 2.30. The number of aldehydes is 1. The molecule has 10 heavy (non-hydrogen) atoms. The molecule has 0 aliphatic heterocycles. The summed E-state index contributed by atoms with van der Waals surface area (Å²) in [5.74, 6) is -0.415. The molecule has 5 heteroatoms. The maximum Gasteiger partial charge on any atom is 0.433 e. The molecule has 0 unspecified atom stereocenters. The van der Waals surface area contributed by atoms with E-state index >= 15 is 0 Å². The number of rotatable bonds is 2. The molecule has 5 nitrogen and oxygen atoms in total. The average Bonchev–Trinajstić information content (AvgIpc) is 2.34. The maximum atomic E-state index is 9.96. The first kappa shape index (κ1) is 6.47. The maximum absolute atomic E-state index is 9.96. The lowest BCUT2D eigenvalue weighted by Crippen LogP contribution is -1.82. The molecule has 0 aromatic carbocycles. The highest BCUT2D eigenvalue weighted by Crippen LogP contribution is 2.13. The van der Waals surface area contributed by atoms with Gasteiger partial charge >= 0.3 is 5.88 Å².